The van der Waals surface area contributed by atoms with Gasteiger partial charge < -0.3 is 9.88 Å². The van der Waals surface area contributed by atoms with Gasteiger partial charge in [0.2, 0.25) is 10.0 Å². The summed E-state index contributed by atoms with van der Waals surface area (Å²) in [6, 6.07) is 0. The summed E-state index contributed by atoms with van der Waals surface area (Å²) in [5.41, 5.74) is 0. The first-order valence-corrected chi connectivity index (χ1v) is 10.1. The van der Waals surface area contributed by atoms with Gasteiger partial charge >= 0.3 is 0 Å². The van der Waals surface area contributed by atoms with Gasteiger partial charge in [-0.15, -0.1) is 22.6 Å². The summed E-state index contributed by atoms with van der Waals surface area (Å²) in [5, 5.41) is 12.8. The van der Waals surface area contributed by atoms with Gasteiger partial charge in [-0.25, -0.2) is 12.7 Å². The van der Waals surface area contributed by atoms with Crippen molar-refractivity contribution in [1.82, 2.24) is 24.4 Å². The third-order valence-corrected chi connectivity index (χ3v) is 6.93. The zero-order chi connectivity index (χ0) is 16.2. The van der Waals surface area contributed by atoms with E-state index in [1.165, 1.54) is 4.31 Å². The quantitative estimate of drug-likeness (QED) is 0.560. The van der Waals surface area contributed by atoms with Crippen molar-refractivity contribution in [3.63, 3.8) is 0 Å². The molecule has 1 saturated heterocycles. The number of sulfonamides is 1. The second-order valence-corrected chi connectivity index (χ2v) is 9.09. The van der Waals surface area contributed by atoms with Crippen LogP contribution >= 0.6 is 24.2 Å². The van der Waals surface area contributed by atoms with Gasteiger partial charge in [0.1, 0.15) is 5.82 Å². The second kappa shape index (κ2) is 9.22. The van der Waals surface area contributed by atoms with Crippen LogP contribution in [0.4, 0.5) is 0 Å². The van der Waals surface area contributed by atoms with Crippen molar-refractivity contribution in [1.29, 1.82) is 0 Å². The molecule has 2 rings (SSSR count). The van der Waals surface area contributed by atoms with Gasteiger partial charge in [-0.3, -0.25) is 0 Å². The number of piperidine rings is 1. The molecule has 23 heavy (non-hydrogen) atoms. The number of nitrogens with one attached hydrogen (secondary N) is 1. The molecule has 2 heterocycles. The predicted octanol–water partition coefficient (Wildman–Crippen LogP) is 1.08. The smallest absolute Gasteiger partial charge is 0.213 e. The van der Waals surface area contributed by atoms with Crippen LogP contribution in [-0.2, 0) is 17.1 Å². The molecule has 7 nitrogen and oxygen atoms in total. The zero-order valence-electron chi connectivity index (χ0n) is 13.9. The number of rotatable bonds is 7. The summed E-state index contributed by atoms with van der Waals surface area (Å²) in [5.74, 6) is 2.42. The van der Waals surface area contributed by atoms with Crippen LogP contribution in [0.25, 0.3) is 0 Å². The van der Waals surface area contributed by atoms with E-state index in [0.717, 1.165) is 42.7 Å². The fourth-order valence-electron chi connectivity index (χ4n) is 2.47. The Hall–Kier alpha value is -0.350. The molecule has 0 aromatic carbocycles. The summed E-state index contributed by atoms with van der Waals surface area (Å²) in [7, 11) is 2.02. The Balaban J connectivity index is 0.00000264. The molecule has 0 bridgehead atoms. The van der Waals surface area contributed by atoms with E-state index in [1.54, 1.807) is 25.9 Å². The third-order valence-electron chi connectivity index (χ3n) is 3.91. The van der Waals surface area contributed by atoms with E-state index in [-0.39, 0.29) is 18.2 Å². The minimum absolute atomic E-state index is 0. The van der Waals surface area contributed by atoms with Crippen molar-refractivity contribution in [2.45, 2.75) is 30.3 Å². The maximum Gasteiger partial charge on any atom is 0.213 e. The summed E-state index contributed by atoms with van der Waals surface area (Å²) in [6.45, 7) is 2.06. The van der Waals surface area contributed by atoms with E-state index in [4.69, 9.17) is 0 Å². The average molecular weight is 384 g/mol. The van der Waals surface area contributed by atoms with Crippen LogP contribution in [0, 0.1) is 0 Å². The minimum atomic E-state index is -3.10. The fourth-order valence-corrected chi connectivity index (χ4v) is 4.39. The number of halogens is 1. The number of aromatic nitrogens is 3. The molecular weight excluding hydrogens is 358 g/mol. The Kier molecular flexibility index (Phi) is 8.29. The monoisotopic (exact) mass is 383 g/mol. The standard InChI is InChI=1S/C13H25N5O2S2.ClH/c1-17(2)22(19,20)10-4-9-21-13-16-15-12(18(13)3)11-5-7-14-8-6-11;/h11,14H,4-10H2,1-3H3;1H. The highest BCUT2D eigenvalue weighted by Crippen LogP contribution is 2.26. The Bertz CT molecular complexity index is 585. The van der Waals surface area contributed by atoms with Crippen LogP contribution in [0.2, 0.25) is 0 Å². The first kappa shape index (κ1) is 20.7. The lowest BCUT2D eigenvalue weighted by atomic mass is 9.97. The summed E-state index contributed by atoms with van der Waals surface area (Å²) < 4.78 is 26.7. The highest BCUT2D eigenvalue weighted by atomic mass is 35.5. The van der Waals surface area contributed by atoms with E-state index >= 15 is 0 Å². The number of hydrogen-bond acceptors (Lipinski definition) is 6. The SMILES string of the molecule is CN(C)S(=O)(=O)CCCSc1nnc(C2CCNCC2)n1C.Cl. The van der Waals surface area contributed by atoms with Crippen LogP contribution in [-0.4, -0.2) is 66.2 Å². The highest BCUT2D eigenvalue weighted by Gasteiger charge is 2.21. The summed E-state index contributed by atoms with van der Waals surface area (Å²) in [4.78, 5) is 0. The van der Waals surface area contributed by atoms with Gasteiger partial charge in [0.25, 0.3) is 0 Å². The topological polar surface area (TPSA) is 80.1 Å². The first-order chi connectivity index (χ1) is 10.4. The number of thioether (sulfide) groups is 1. The molecule has 1 aliphatic rings. The minimum Gasteiger partial charge on any atom is -0.317 e. The van der Waals surface area contributed by atoms with Gasteiger partial charge in [-0.05, 0) is 32.4 Å². The molecule has 1 aliphatic heterocycles. The van der Waals surface area contributed by atoms with E-state index < -0.39 is 10.0 Å². The van der Waals surface area contributed by atoms with Gasteiger partial charge in [0, 0.05) is 32.8 Å². The normalized spacial score (nSPS) is 16.5. The molecule has 0 aliphatic carbocycles. The molecule has 0 unspecified atom stereocenters. The van der Waals surface area contributed by atoms with Crippen molar-refractivity contribution in [2.75, 3.05) is 38.7 Å². The first-order valence-electron chi connectivity index (χ1n) is 7.55. The van der Waals surface area contributed by atoms with Crippen LogP contribution in [0.1, 0.15) is 31.0 Å². The van der Waals surface area contributed by atoms with Gasteiger partial charge in [0.05, 0.1) is 5.75 Å². The van der Waals surface area contributed by atoms with Gasteiger partial charge in [-0.1, -0.05) is 11.8 Å². The molecular formula is C13H26ClN5O2S2. The maximum atomic E-state index is 11.7. The van der Waals surface area contributed by atoms with Crippen molar-refractivity contribution >= 4 is 34.2 Å². The largest absolute Gasteiger partial charge is 0.317 e. The molecule has 1 aromatic rings. The molecule has 0 atom stereocenters. The number of nitrogens with zero attached hydrogens (tertiary/aromatic N) is 4. The van der Waals surface area contributed by atoms with Crippen LogP contribution < -0.4 is 5.32 Å². The molecule has 10 heteroatoms. The molecule has 0 saturated carbocycles. The van der Waals surface area contributed by atoms with Gasteiger partial charge in [0.15, 0.2) is 5.16 Å². The molecule has 0 spiro atoms. The van der Waals surface area contributed by atoms with Crippen molar-refractivity contribution < 1.29 is 8.42 Å². The van der Waals surface area contributed by atoms with Crippen LogP contribution in [0.5, 0.6) is 0 Å². The van der Waals surface area contributed by atoms with Crippen molar-refractivity contribution in [3.8, 4) is 0 Å². The molecule has 1 N–H and O–H groups in total. The van der Waals surface area contributed by atoms with E-state index in [9.17, 15) is 8.42 Å². The average Bonchev–Trinajstić information content (AvgIpc) is 2.85. The number of hydrogen-bond donors (Lipinski definition) is 1. The van der Waals surface area contributed by atoms with E-state index in [2.05, 4.69) is 20.1 Å². The Morgan fingerprint density at radius 2 is 1.96 bits per heavy atom. The van der Waals surface area contributed by atoms with Crippen LogP contribution in [0.15, 0.2) is 5.16 Å². The Morgan fingerprint density at radius 1 is 1.30 bits per heavy atom. The molecule has 1 aromatic heterocycles. The zero-order valence-corrected chi connectivity index (χ0v) is 16.3. The molecule has 0 amide bonds. The molecule has 134 valence electrons. The lowest BCUT2D eigenvalue weighted by Gasteiger charge is -2.21. The molecule has 1 fully saturated rings. The Labute approximate surface area is 149 Å². The Morgan fingerprint density at radius 3 is 2.57 bits per heavy atom. The van der Waals surface area contributed by atoms with Crippen molar-refractivity contribution in [3.05, 3.63) is 5.82 Å². The van der Waals surface area contributed by atoms with E-state index in [1.807, 2.05) is 7.05 Å². The lowest BCUT2D eigenvalue weighted by Crippen LogP contribution is -2.27. The highest BCUT2D eigenvalue weighted by molar-refractivity contribution is 7.99. The summed E-state index contributed by atoms with van der Waals surface area (Å²) in [6.07, 6.45) is 2.80. The lowest BCUT2D eigenvalue weighted by molar-refractivity contribution is 0.434. The third kappa shape index (κ3) is 5.60. The second-order valence-electron chi connectivity index (χ2n) is 5.72. The molecule has 0 radical (unpaired) electrons. The summed E-state index contributed by atoms with van der Waals surface area (Å²) >= 11 is 1.58. The van der Waals surface area contributed by atoms with Crippen LogP contribution in [0.3, 0.4) is 0 Å². The maximum absolute atomic E-state index is 11.7. The van der Waals surface area contributed by atoms with Gasteiger partial charge in [-0.2, -0.15) is 0 Å². The predicted molar refractivity (Wildman–Crippen MR) is 95.9 cm³/mol. The van der Waals surface area contributed by atoms with Crippen molar-refractivity contribution in [2.24, 2.45) is 7.05 Å². The van der Waals surface area contributed by atoms with E-state index in [0.29, 0.717) is 12.3 Å². The fraction of sp³-hybridized carbons (Fsp3) is 0.846.